The minimum absolute atomic E-state index is 0.409. The summed E-state index contributed by atoms with van der Waals surface area (Å²) in [5.74, 6) is 1.02. The number of aliphatic imine (C=N–C) groups is 1. The molecule has 0 amide bonds. The topological polar surface area (TPSA) is 40.1 Å². The average Bonchev–Trinajstić information content (AvgIpc) is 2.59. The predicted molar refractivity (Wildman–Crippen MR) is 105 cm³/mol. The second kappa shape index (κ2) is 10.4. The smallest absolute Gasteiger partial charge is 0.194 e. The van der Waals surface area contributed by atoms with Crippen LogP contribution in [0.25, 0.3) is 0 Å². The van der Waals surface area contributed by atoms with Crippen molar-refractivity contribution in [3.63, 3.8) is 0 Å². The van der Waals surface area contributed by atoms with Gasteiger partial charge in [-0.2, -0.15) is 0 Å². The maximum atomic E-state index is 5.75. The first-order chi connectivity index (χ1) is 12.1. The summed E-state index contributed by atoms with van der Waals surface area (Å²) in [7, 11) is 4.19. The molecule has 5 heteroatoms. The van der Waals surface area contributed by atoms with Crippen LogP contribution in [0.15, 0.2) is 29.3 Å². The van der Waals surface area contributed by atoms with E-state index in [1.165, 1.54) is 11.1 Å². The van der Waals surface area contributed by atoms with E-state index in [0.29, 0.717) is 6.10 Å². The molecule has 0 spiro atoms. The molecule has 1 aromatic rings. The molecule has 0 aliphatic carbocycles. The van der Waals surface area contributed by atoms with Crippen molar-refractivity contribution in [1.82, 2.24) is 15.1 Å². The van der Waals surface area contributed by atoms with Gasteiger partial charge in [-0.3, -0.25) is 0 Å². The molecule has 5 nitrogen and oxygen atoms in total. The monoisotopic (exact) mass is 346 g/mol. The van der Waals surface area contributed by atoms with Crippen molar-refractivity contribution in [2.24, 2.45) is 4.99 Å². The Hall–Kier alpha value is -1.59. The molecule has 2 rings (SSSR count). The molecule has 0 atom stereocenters. The van der Waals surface area contributed by atoms with Crippen molar-refractivity contribution < 1.29 is 4.74 Å². The highest BCUT2D eigenvalue weighted by atomic mass is 16.5. The van der Waals surface area contributed by atoms with E-state index < -0.39 is 0 Å². The zero-order valence-corrected chi connectivity index (χ0v) is 16.3. The van der Waals surface area contributed by atoms with Crippen LogP contribution < -0.4 is 5.32 Å². The molecular formula is C20H34N4O. The Morgan fingerprint density at radius 3 is 2.60 bits per heavy atom. The molecule has 0 unspecified atom stereocenters. The number of nitrogens with one attached hydrogen (secondary N) is 1. The molecule has 1 aliphatic heterocycles. The van der Waals surface area contributed by atoms with E-state index in [1.54, 1.807) is 0 Å². The number of piperidine rings is 1. The third-order valence-electron chi connectivity index (χ3n) is 4.38. The molecule has 25 heavy (non-hydrogen) atoms. The Morgan fingerprint density at radius 2 is 1.96 bits per heavy atom. The zero-order chi connectivity index (χ0) is 18.1. The Morgan fingerprint density at radius 1 is 1.24 bits per heavy atom. The summed E-state index contributed by atoms with van der Waals surface area (Å²) in [6.07, 6.45) is 2.57. The number of rotatable bonds is 7. The first kappa shape index (κ1) is 19.7. The van der Waals surface area contributed by atoms with Crippen LogP contribution in [0.1, 0.15) is 37.8 Å². The van der Waals surface area contributed by atoms with Crippen LogP contribution in [0.3, 0.4) is 0 Å². The van der Waals surface area contributed by atoms with Crippen molar-refractivity contribution in [1.29, 1.82) is 0 Å². The van der Waals surface area contributed by atoms with E-state index in [4.69, 9.17) is 9.73 Å². The first-order valence-corrected chi connectivity index (χ1v) is 9.49. The summed E-state index contributed by atoms with van der Waals surface area (Å²) in [5.41, 5.74) is 2.60. The molecule has 0 bridgehead atoms. The van der Waals surface area contributed by atoms with Crippen LogP contribution in [0.4, 0.5) is 0 Å². The van der Waals surface area contributed by atoms with Crippen LogP contribution in [0.5, 0.6) is 0 Å². The van der Waals surface area contributed by atoms with Crippen LogP contribution in [-0.2, 0) is 17.8 Å². The number of nitrogens with zero attached hydrogens (tertiary/aromatic N) is 3. The Kier molecular flexibility index (Phi) is 8.22. The molecular weight excluding hydrogens is 312 g/mol. The van der Waals surface area contributed by atoms with Gasteiger partial charge in [0.1, 0.15) is 0 Å². The Labute approximate surface area is 153 Å². The lowest BCUT2D eigenvalue weighted by Crippen LogP contribution is -2.47. The number of hydrogen-bond acceptors (Lipinski definition) is 3. The fraction of sp³-hybridized carbons (Fsp3) is 0.650. The number of ether oxygens (including phenoxy) is 1. The van der Waals surface area contributed by atoms with E-state index in [9.17, 15) is 0 Å². The quantitative estimate of drug-likeness (QED) is 0.609. The maximum Gasteiger partial charge on any atom is 0.194 e. The van der Waals surface area contributed by atoms with Gasteiger partial charge >= 0.3 is 0 Å². The number of guanidine groups is 1. The normalized spacial score (nSPS) is 16.5. The lowest BCUT2D eigenvalue weighted by atomic mass is 10.1. The molecule has 1 aliphatic rings. The standard InChI is InChI=1S/C20H34N4O/c1-5-21-20(24-12-10-19(11-13-24)25-6-2)22-15-17-8-7-9-18(14-17)16-23(3)4/h7-9,14,19H,5-6,10-13,15-16H2,1-4H3,(H,21,22). The van der Waals surface area contributed by atoms with Gasteiger partial charge in [0.05, 0.1) is 12.6 Å². The van der Waals surface area contributed by atoms with E-state index in [-0.39, 0.29) is 0 Å². The van der Waals surface area contributed by atoms with E-state index in [0.717, 1.165) is 58.1 Å². The predicted octanol–water partition coefficient (Wildman–Crippen LogP) is 2.71. The van der Waals surface area contributed by atoms with Gasteiger partial charge in [0.15, 0.2) is 5.96 Å². The van der Waals surface area contributed by atoms with Crippen LogP contribution in [0, 0.1) is 0 Å². The molecule has 1 fully saturated rings. The van der Waals surface area contributed by atoms with Crippen molar-refractivity contribution in [2.75, 3.05) is 40.3 Å². The molecule has 1 heterocycles. The second-order valence-electron chi connectivity index (χ2n) is 6.87. The van der Waals surface area contributed by atoms with Gasteiger partial charge in [-0.05, 0) is 51.9 Å². The van der Waals surface area contributed by atoms with E-state index >= 15 is 0 Å². The molecule has 140 valence electrons. The molecule has 0 aromatic heterocycles. The van der Waals surface area contributed by atoms with Crippen LogP contribution >= 0.6 is 0 Å². The Balaban J connectivity index is 1.98. The third kappa shape index (κ3) is 6.67. The summed E-state index contributed by atoms with van der Waals surface area (Å²) < 4.78 is 5.75. The lowest BCUT2D eigenvalue weighted by molar-refractivity contribution is 0.0263. The largest absolute Gasteiger partial charge is 0.378 e. The highest BCUT2D eigenvalue weighted by molar-refractivity contribution is 5.80. The lowest BCUT2D eigenvalue weighted by Gasteiger charge is -2.34. The summed E-state index contributed by atoms with van der Waals surface area (Å²) in [4.78, 5) is 9.43. The van der Waals surface area contributed by atoms with Gasteiger partial charge < -0.3 is 19.9 Å². The van der Waals surface area contributed by atoms with Gasteiger partial charge in [-0.15, -0.1) is 0 Å². The SMILES string of the molecule is CCNC(=NCc1cccc(CN(C)C)c1)N1CCC(OCC)CC1. The zero-order valence-electron chi connectivity index (χ0n) is 16.3. The average molecular weight is 347 g/mol. The minimum atomic E-state index is 0.409. The van der Waals surface area contributed by atoms with E-state index in [1.807, 2.05) is 0 Å². The number of hydrogen-bond donors (Lipinski definition) is 1. The van der Waals surface area contributed by atoms with Crippen molar-refractivity contribution in [2.45, 2.75) is 45.9 Å². The van der Waals surface area contributed by atoms with E-state index in [2.05, 4.69) is 67.3 Å². The fourth-order valence-corrected chi connectivity index (χ4v) is 3.25. The van der Waals surface area contributed by atoms with Crippen molar-refractivity contribution >= 4 is 5.96 Å². The first-order valence-electron chi connectivity index (χ1n) is 9.49. The number of benzene rings is 1. The molecule has 0 saturated carbocycles. The highest BCUT2D eigenvalue weighted by Crippen LogP contribution is 2.14. The fourth-order valence-electron chi connectivity index (χ4n) is 3.25. The molecule has 1 N–H and O–H groups in total. The number of likely N-dealkylation sites (tertiary alicyclic amines) is 1. The third-order valence-corrected chi connectivity index (χ3v) is 4.38. The van der Waals surface area contributed by atoms with Gasteiger partial charge in [0.25, 0.3) is 0 Å². The highest BCUT2D eigenvalue weighted by Gasteiger charge is 2.21. The van der Waals surface area contributed by atoms with Gasteiger partial charge in [0, 0.05) is 32.8 Å². The second-order valence-corrected chi connectivity index (χ2v) is 6.87. The summed E-state index contributed by atoms with van der Waals surface area (Å²) in [6.45, 7) is 9.60. The minimum Gasteiger partial charge on any atom is -0.378 e. The van der Waals surface area contributed by atoms with Crippen molar-refractivity contribution in [3.8, 4) is 0 Å². The van der Waals surface area contributed by atoms with Crippen LogP contribution in [0.2, 0.25) is 0 Å². The van der Waals surface area contributed by atoms with Crippen molar-refractivity contribution in [3.05, 3.63) is 35.4 Å². The maximum absolute atomic E-state index is 5.75. The summed E-state index contributed by atoms with van der Waals surface area (Å²) >= 11 is 0. The molecule has 1 saturated heterocycles. The van der Waals surface area contributed by atoms with Gasteiger partial charge in [-0.25, -0.2) is 4.99 Å². The summed E-state index contributed by atoms with van der Waals surface area (Å²) in [5, 5.41) is 3.44. The Bertz CT molecular complexity index is 536. The summed E-state index contributed by atoms with van der Waals surface area (Å²) in [6, 6.07) is 8.73. The molecule has 1 aromatic carbocycles. The van der Waals surface area contributed by atoms with Crippen LogP contribution in [-0.4, -0.2) is 62.2 Å². The molecule has 0 radical (unpaired) electrons. The van der Waals surface area contributed by atoms with Gasteiger partial charge in [0.2, 0.25) is 0 Å². The van der Waals surface area contributed by atoms with Gasteiger partial charge in [-0.1, -0.05) is 24.3 Å².